The summed E-state index contributed by atoms with van der Waals surface area (Å²) in [5.74, 6) is 0.262. The van der Waals surface area contributed by atoms with E-state index in [1.165, 1.54) is 17.0 Å². The van der Waals surface area contributed by atoms with Crippen LogP contribution in [0.4, 0.5) is 18.9 Å². The van der Waals surface area contributed by atoms with Gasteiger partial charge in [-0.05, 0) is 42.5 Å². The first kappa shape index (κ1) is 18.4. The van der Waals surface area contributed by atoms with Gasteiger partial charge in [0.15, 0.2) is 5.82 Å². The van der Waals surface area contributed by atoms with Gasteiger partial charge in [-0.25, -0.2) is 0 Å². The Balaban J connectivity index is 1.38. The predicted molar refractivity (Wildman–Crippen MR) is 103 cm³/mol. The molecule has 6 nitrogen and oxygen atoms in total. The minimum Gasteiger partial charge on any atom is -0.361 e. The average molecular weight is 412 g/mol. The second-order valence-corrected chi connectivity index (χ2v) is 7.15. The number of fused-ring (bicyclic) bond motifs is 1. The van der Waals surface area contributed by atoms with Crippen LogP contribution >= 0.6 is 0 Å². The Morgan fingerprint density at radius 1 is 1.10 bits per heavy atom. The van der Waals surface area contributed by atoms with Gasteiger partial charge >= 0.3 is 6.18 Å². The van der Waals surface area contributed by atoms with Crippen molar-refractivity contribution in [3.8, 4) is 11.5 Å². The molecule has 1 saturated heterocycles. The lowest BCUT2D eigenvalue weighted by Gasteiger charge is -2.17. The second-order valence-electron chi connectivity index (χ2n) is 7.15. The van der Waals surface area contributed by atoms with Gasteiger partial charge in [0.25, 0.3) is 5.89 Å². The number of benzene rings is 2. The molecule has 0 aliphatic carbocycles. The van der Waals surface area contributed by atoms with Crippen molar-refractivity contribution in [1.82, 2.24) is 15.1 Å². The summed E-state index contributed by atoms with van der Waals surface area (Å²) in [6.45, 7) is 0.275. The summed E-state index contributed by atoms with van der Waals surface area (Å²) < 4.78 is 43.7. The van der Waals surface area contributed by atoms with E-state index in [1.807, 2.05) is 30.5 Å². The van der Waals surface area contributed by atoms with E-state index in [-0.39, 0.29) is 24.8 Å². The summed E-state index contributed by atoms with van der Waals surface area (Å²) in [6.07, 6.45) is -2.43. The van der Waals surface area contributed by atoms with Gasteiger partial charge in [0.2, 0.25) is 5.91 Å². The highest BCUT2D eigenvalue weighted by molar-refractivity contribution is 5.96. The lowest BCUT2D eigenvalue weighted by Crippen LogP contribution is -2.24. The molecule has 30 heavy (non-hydrogen) atoms. The van der Waals surface area contributed by atoms with Crippen LogP contribution < -0.4 is 4.90 Å². The van der Waals surface area contributed by atoms with Crippen molar-refractivity contribution in [2.75, 3.05) is 11.4 Å². The molecule has 2 aromatic carbocycles. The molecular formula is C21H15F3N4O2. The maximum absolute atomic E-state index is 12.8. The van der Waals surface area contributed by atoms with Crippen LogP contribution in [0.1, 0.15) is 23.7 Å². The highest BCUT2D eigenvalue weighted by Gasteiger charge is 2.36. The summed E-state index contributed by atoms with van der Waals surface area (Å²) >= 11 is 0. The number of carbonyl (C=O) groups excluding carboxylic acids is 1. The lowest BCUT2D eigenvalue weighted by molar-refractivity contribution is -0.137. The first-order valence-corrected chi connectivity index (χ1v) is 9.28. The summed E-state index contributed by atoms with van der Waals surface area (Å²) in [5, 5.41) is 5.00. The Morgan fingerprint density at radius 2 is 1.90 bits per heavy atom. The monoisotopic (exact) mass is 412 g/mol. The molecule has 2 aromatic heterocycles. The number of halogens is 3. The van der Waals surface area contributed by atoms with Gasteiger partial charge in [0.05, 0.1) is 5.56 Å². The Labute approximate surface area is 168 Å². The molecule has 1 unspecified atom stereocenters. The summed E-state index contributed by atoms with van der Waals surface area (Å²) in [6, 6.07) is 12.2. The van der Waals surface area contributed by atoms with E-state index in [2.05, 4.69) is 15.1 Å². The normalized spacial score (nSPS) is 17.2. The van der Waals surface area contributed by atoms with Gasteiger partial charge < -0.3 is 14.4 Å². The van der Waals surface area contributed by atoms with Gasteiger partial charge in [-0.1, -0.05) is 11.2 Å². The molecule has 5 rings (SSSR count). The molecule has 0 spiro atoms. The fourth-order valence-electron chi connectivity index (χ4n) is 3.74. The number of nitrogens with one attached hydrogen (secondary N) is 1. The number of anilines is 1. The Kier molecular flexibility index (Phi) is 4.12. The SMILES string of the molecule is O=C1CC(c2noc(-c3cccc4[nH]ccc34)n2)CN1c1ccc(C(F)(F)F)cc1. The molecule has 9 heteroatoms. The molecule has 0 bridgehead atoms. The standard InChI is InChI=1S/C21H15F3N4O2/c22-21(23,24)13-4-6-14(7-5-13)28-11-12(10-18(28)29)19-26-20(30-27-19)16-2-1-3-17-15(16)8-9-25-17/h1-9,12,25H,10-11H2. The molecule has 152 valence electrons. The van der Waals surface area contributed by atoms with Crippen molar-refractivity contribution < 1.29 is 22.5 Å². The second kappa shape index (κ2) is 6.72. The molecule has 1 aliphatic rings. The van der Waals surface area contributed by atoms with Gasteiger partial charge in [-0.2, -0.15) is 18.2 Å². The number of amides is 1. The number of hydrogen-bond donors (Lipinski definition) is 1. The van der Waals surface area contributed by atoms with Crippen molar-refractivity contribution in [3.63, 3.8) is 0 Å². The molecule has 3 heterocycles. The third-order valence-corrected chi connectivity index (χ3v) is 5.26. The van der Waals surface area contributed by atoms with Crippen LogP contribution in [-0.4, -0.2) is 27.6 Å². The number of nitrogens with zero attached hydrogens (tertiary/aromatic N) is 3. The zero-order valence-corrected chi connectivity index (χ0v) is 15.5. The average Bonchev–Trinajstić information content (AvgIpc) is 3.46. The zero-order valence-electron chi connectivity index (χ0n) is 15.5. The Hall–Kier alpha value is -3.62. The molecule has 1 aliphatic heterocycles. The molecule has 0 radical (unpaired) electrons. The van der Waals surface area contributed by atoms with E-state index in [0.29, 0.717) is 17.4 Å². The van der Waals surface area contributed by atoms with Crippen LogP contribution in [0.15, 0.2) is 59.3 Å². The summed E-state index contributed by atoms with van der Waals surface area (Å²) in [7, 11) is 0. The Morgan fingerprint density at radius 3 is 2.67 bits per heavy atom. The number of hydrogen-bond acceptors (Lipinski definition) is 4. The quantitative estimate of drug-likeness (QED) is 0.527. The number of aromatic amines is 1. The first-order valence-electron chi connectivity index (χ1n) is 9.28. The summed E-state index contributed by atoms with van der Waals surface area (Å²) in [4.78, 5) is 21.5. The topological polar surface area (TPSA) is 75.0 Å². The fraction of sp³-hybridized carbons (Fsp3) is 0.190. The third-order valence-electron chi connectivity index (χ3n) is 5.26. The maximum atomic E-state index is 12.8. The van der Waals surface area contributed by atoms with Gasteiger partial charge in [0, 0.05) is 47.2 Å². The molecule has 1 atom stereocenters. The number of alkyl halides is 3. The van der Waals surface area contributed by atoms with Gasteiger partial charge in [0.1, 0.15) is 0 Å². The van der Waals surface area contributed by atoms with Crippen LogP contribution in [0.2, 0.25) is 0 Å². The van der Waals surface area contributed by atoms with Crippen molar-refractivity contribution in [2.24, 2.45) is 0 Å². The smallest absolute Gasteiger partial charge is 0.361 e. The van der Waals surface area contributed by atoms with Crippen LogP contribution in [0.3, 0.4) is 0 Å². The summed E-state index contributed by atoms with van der Waals surface area (Å²) in [5.41, 5.74) is 1.39. The van der Waals surface area contributed by atoms with Crippen LogP contribution in [0.25, 0.3) is 22.4 Å². The first-order chi connectivity index (χ1) is 14.4. The molecule has 1 amide bonds. The molecule has 1 fully saturated rings. The van der Waals surface area contributed by atoms with E-state index in [9.17, 15) is 18.0 Å². The number of rotatable bonds is 3. The molecule has 1 N–H and O–H groups in total. The van der Waals surface area contributed by atoms with Crippen LogP contribution in [-0.2, 0) is 11.0 Å². The minimum atomic E-state index is -4.42. The van der Waals surface area contributed by atoms with Crippen molar-refractivity contribution >= 4 is 22.5 Å². The molecular weight excluding hydrogens is 397 g/mol. The van der Waals surface area contributed by atoms with Crippen LogP contribution in [0, 0.1) is 0 Å². The number of carbonyl (C=O) groups is 1. The maximum Gasteiger partial charge on any atom is 0.416 e. The zero-order chi connectivity index (χ0) is 20.9. The van der Waals surface area contributed by atoms with E-state index < -0.39 is 11.7 Å². The number of aromatic nitrogens is 3. The van der Waals surface area contributed by atoms with E-state index in [0.717, 1.165) is 28.6 Å². The highest BCUT2D eigenvalue weighted by atomic mass is 19.4. The predicted octanol–water partition coefficient (Wildman–Crippen LogP) is 4.76. The number of H-pyrrole nitrogens is 1. The highest BCUT2D eigenvalue weighted by Crippen LogP contribution is 2.35. The fourth-order valence-corrected chi connectivity index (χ4v) is 3.74. The molecule has 0 saturated carbocycles. The molecule has 4 aromatic rings. The van der Waals surface area contributed by atoms with Crippen molar-refractivity contribution in [3.05, 3.63) is 66.1 Å². The van der Waals surface area contributed by atoms with Crippen molar-refractivity contribution in [2.45, 2.75) is 18.5 Å². The third kappa shape index (κ3) is 3.12. The van der Waals surface area contributed by atoms with Gasteiger partial charge in [-0.15, -0.1) is 0 Å². The minimum absolute atomic E-state index is 0.161. The van der Waals surface area contributed by atoms with Crippen molar-refractivity contribution in [1.29, 1.82) is 0 Å². The van der Waals surface area contributed by atoms with E-state index in [4.69, 9.17) is 4.52 Å². The Bertz CT molecular complexity index is 1230. The lowest BCUT2D eigenvalue weighted by atomic mass is 10.1. The van der Waals surface area contributed by atoms with Gasteiger partial charge in [-0.3, -0.25) is 4.79 Å². The van der Waals surface area contributed by atoms with Crippen LogP contribution in [0.5, 0.6) is 0 Å². The van der Waals surface area contributed by atoms with E-state index in [1.54, 1.807) is 0 Å². The van der Waals surface area contributed by atoms with E-state index >= 15 is 0 Å². The largest absolute Gasteiger partial charge is 0.416 e.